The molecular weight excluding hydrogens is 329 g/mol. The Kier molecular flexibility index (Phi) is 5.19. The third-order valence-corrected chi connectivity index (χ3v) is 3.18. The van der Waals surface area contributed by atoms with Crippen LogP contribution in [0.3, 0.4) is 0 Å². The Labute approximate surface area is 136 Å². The van der Waals surface area contributed by atoms with Gasteiger partial charge in [0.25, 0.3) is 5.91 Å². The molecule has 0 aliphatic heterocycles. The number of methoxy groups -OCH3 is 1. The van der Waals surface area contributed by atoms with Gasteiger partial charge < -0.3 is 9.84 Å². The van der Waals surface area contributed by atoms with E-state index < -0.39 is 5.91 Å². The Morgan fingerprint density at radius 2 is 2.23 bits per heavy atom. The van der Waals surface area contributed by atoms with Gasteiger partial charge in [0.1, 0.15) is 5.15 Å². The Hall–Kier alpha value is -2.31. The molecule has 1 amide bonds. The minimum Gasteiger partial charge on any atom is -0.504 e. The zero-order chi connectivity index (χ0) is 16.1. The van der Waals surface area contributed by atoms with Gasteiger partial charge in [-0.3, -0.25) is 4.79 Å². The van der Waals surface area contributed by atoms with Crippen molar-refractivity contribution >= 4 is 35.3 Å². The van der Waals surface area contributed by atoms with Gasteiger partial charge in [-0.1, -0.05) is 23.2 Å². The summed E-state index contributed by atoms with van der Waals surface area (Å²) in [5.41, 5.74) is 2.77. The molecule has 0 spiro atoms. The molecule has 0 radical (unpaired) electrons. The third-order valence-electron chi connectivity index (χ3n) is 2.66. The number of halogens is 2. The molecule has 1 aromatic carbocycles. The average molecular weight is 340 g/mol. The zero-order valence-electron chi connectivity index (χ0n) is 11.4. The summed E-state index contributed by atoms with van der Waals surface area (Å²) in [6.45, 7) is 0. The fraction of sp³-hybridized carbons (Fsp3) is 0.0714. The first-order valence-electron chi connectivity index (χ1n) is 6.03. The largest absolute Gasteiger partial charge is 0.504 e. The number of carbonyl (C=O) groups is 1. The van der Waals surface area contributed by atoms with Gasteiger partial charge in [-0.05, 0) is 18.2 Å². The van der Waals surface area contributed by atoms with E-state index in [9.17, 15) is 9.90 Å². The number of pyridine rings is 1. The standard InChI is InChI=1S/C14H11Cl2N3O3/c1-22-11-6-9(15)5-8(12(11)20)7-18-19-14(21)10-3-2-4-17-13(10)16/h2-7,20H,1H3,(H,19,21)/b18-7+. The van der Waals surface area contributed by atoms with Crippen LogP contribution in [0.1, 0.15) is 15.9 Å². The van der Waals surface area contributed by atoms with Crippen molar-refractivity contribution in [2.24, 2.45) is 5.10 Å². The SMILES string of the molecule is COc1cc(Cl)cc(/C=N/NC(=O)c2cccnc2Cl)c1O. The summed E-state index contributed by atoms with van der Waals surface area (Å²) < 4.78 is 4.97. The molecule has 2 N–H and O–H groups in total. The number of nitrogens with zero attached hydrogens (tertiary/aromatic N) is 2. The van der Waals surface area contributed by atoms with Crippen LogP contribution < -0.4 is 10.2 Å². The van der Waals surface area contributed by atoms with Gasteiger partial charge in [0, 0.05) is 22.8 Å². The molecule has 22 heavy (non-hydrogen) atoms. The van der Waals surface area contributed by atoms with Gasteiger partial charge >= 0.3 is 0 Å². The van der Waals surface area contributed by atoms with E-state index in [1.54, 1.807) is 6.07 Å². The number of aromatic nitrogens is 1. The highest BCUT2D eigenvalue weighted by atomic mass is 35.5. The van der Waals surface area contributed by atoms with Gasteiger partial charge in [0.15, 0.2) is 11.5 Å². The average Bonchev–Trinajstić information content (AvgIpc) is 2.50. The number of ether oxygens (including phenoxy) is 1. The Morgan fingerprint density at radius 1 is 1.45 bits per heavy atom. The van der Waals surface area contributed by atoms with Crippen LogP contribution in [0.25, 0.3) is 0 Å². The molecule has 1 heterocycles. The van der Waals surface area contributed by atoms with Gasteiger partial charge in [-0.25, -0.2) is 10.4 Å². The molecule has 0 fully saturated rings. The molecule has 6 nitrogen and oxygen atoms in total. The minimum absolute atomic E-state index is 0.0717. The third kappa shape index (κ3) is 3.66. The molecule has 0 saturated carbocycles. The van der Waals surface area contributed by atoms with Crippen LogP contribution in [0.2, 0.25) is 10.2 Å². The lowest BCUT2D eigenvalue weighted by molar-refractivity contribution is 0.0955. The number of benzene rings is 1. The molecule has 0 unspecified atom stereocenters. The van der Waals surface area contributed by atoms with E-state index >= 15 is 0 Å². The topological polar surface area (TPSA) is 83.8 Å². The molecule has 8 heteroatoms. The summed E-state index contributed by atoms with van der Waals surface area (Å²) in [6.07, 6.45) is 2.71. The zero-order valence-corrected chi connectivity index (χ0v) is 12.9. The molecule has 0 aliphatic carbocycles. The predicted molar refractivity (Wildman–Crippen MR) is 84.0 cm³/mol. The van der Waals surface area contributed by atoms with Crippen molar-refractivity contribution in [3.63, 3.8) is 0 Å². The van der Waals surface area contributed by atoms with Crippen molar-refractivity contribution in [1.82, 2.24) is 10.4 Å². The van der Waals surface area contributed by atoms with Crippen LogP contribution in [0.4, 0.5) is 0 Å². The number of aromatic hydroxyl groups is 1. The molecule has 114 valence electrons. The smallest absolute Gasteiger partial charge is 0.274 e. The predicted octanol–water partition coefficient (Wildman–Crippen LogP) is 2.87. The van der Waals surface area contributed by atoms with Crippen LogP contribution in [0, 0.1) is 0 Å². The molecule has 0 saturated heterocycles. The normalized spacial score (nSPS) is 10.7. The lowest BCUT2D eigenvalue weighted by Gasteiger charge is -2.06. The number of amides is 1. The van der Waals surface area contributed by atoms with Crippen LogP contribution in [-0.4, -0.2) is 29.3 Å². The van der Waals surface area contributed by atoms with Gasteiger partial charge in [-0.15, -0.1) is 0 Å². The molecule has 2 aromatic rings. The molecule has 0 aliphatic rings. The maximum absolute atomic E-state index is 11.9. The Bertz CT molecular complexity index is 735. The van der Waals surface area contributed by atoms with E-state index in [1.165, 1.54) is 37.7 Å². The highest BCUT2D eigenvalue weighted by Crippen LogP contribution is 2.32. The molecule has 0 atom stereocenters. The van der Waals surface area contributed by atoms with Crippen molar-refractivity contribution < 1.29 is 14.6 Å². The van der Waals surface area contributed by atoms with Gasteiger partial charge in [0.05, 0.1) is 18.9 Å². The number of phenolic OH excluding ortho intramolecular Hbond substituents is 1. The highest BCUT2D eigenvalue weighted by molar-refractivity contribution is 6.32. The van der Waals surface area contributed by atoms with E-state index in [4.69, 9.17) is 27.9 Å². The van der Waals surface area contributed by atoms with E-state index in [-0.39, 0.29) is 22.2 Å². The first-order chi connectivity index (χ1) is 10.5. The summed E-state index contributed by atoms with van der Waals surface area (Å²) in [7, 11) is 1.40. The van der Waals surface area contributed by atoms with Crippen molar-refractivity contribution in [3.05, 3.63) is 51.8 Å². The van der Waals surface area contributed by atoms with E-state index in [1.807, 2.05) is 0 Å². The van der Waals surface area contributed by atoms with Crippen LogP contribution in [0.5, 0.6) is 11.5 Å². The van der Waals surface area contributed by atoms with Crippen molar-refractivity contribution in [1.29, 1.82) is 0 Å². The summed E-state index contributed by atoms with van der Waals surface area (Å²) in [5, 5.41) is 14.1. The fourth-order valence-electron chi connectivity index (χ4n) is 1.62. The van der Waals surface area contributed by atoms with Crippen LogP contribution >= 0.6 is 23.2 Å². The van der Waals surface area contributed by atoms with E-state index in [2.05, 4.69) is 15.5 Å². The number of phenols is 1. The number of carbonyl (C=O) groups excluding carboxylic acids is 1. The molecule has 0 bridgehead atoms. The summed E-state index contributed by atoms with van der Waals surface area (Å²) in [5.74, 6) is -0.456. The number of hydrazone groups is 1. The quantitative estimate of drug-likeness (QED) is 0.509. The summed E-state index contributed by atoms with van der Waals surface area (Å²) >= 11 is 11.7. The van der Waals surface area contributed by atoms with E-state index in [0.717, 1.165) is 0 Å². The minimum atomic E-state index is -0.525. The number of nitrogens with one attached hydrogen (secondary N) is 1. The maximum Gasteiger partial charge on any atom is 0.274 e. The number of rotatable bonds is 4. The van der Waals surface area contributed by atoms with Gasteiger partial charge in [0.2, 0.25) is 0 Å². The summed E-state index contributed by atoms with van der Waals surface area (Å²) in [6, 6.07) is 6.03. The molecule has 1 aromatic heterocycles. The Morgan fingerprint density at radius 3 is 2.91 bits per heavy atom. The second-order valence-electron chi connectivity index (χ2n) is 4.09. The second-order valence-corrected chi connectivity index (χ2v) is 4.88. The lowest BCUT2D eigenvalue weighted by atomic mass is 10.2. The van der Waals surface area contributed by atoms with Crippen LogP contribution in [-0.2, 0) is 0 Å². The number of hydrogen-bond donors (Lipinski definition) is 2. The molecule has 2 rings (SSSR count). The van der Waals surface area contributed by atoms with Crippen LogP contribution in [0.15, 0.2) is 35.6 Å². The van der Waals surface area contributed by atoms with E-state index in [0.29, 0.717) is 10.6 Å². The fourth-order valence-corrected chi connectivity index (χ4v) is 2.05. The lowest BCUT2D eigenvalue weighted by Crippen LogP contribution is -2.18. The van der Waals surface area contributed by atoms with Crippen molar-refractivity contribution in [2.75, 3.05) is 7.11 Å². The molecular formula is C14H11Cl2N3O3. The van der Waals surface area contributed by atoms with Crippen molar-refractivity contribution in [2.45, 2.75) is 0 Å². The monoisotopic (exact) mass is 339 g/mol. The second kappa shape index (κ2) is 7.11. The Balaban J connectivity index is 2.15. The maximum atomic E-state index is 11.9. The summed E-state index contributed by atoms with van der Waals surface area (Å²) in [4.78, 5) is 15.7. The van der Waals surface area contributed by atoms with Gasteiger partial charge in [-0.2, -0.15) is 5.10 Å². The highest BCUT2D eigenvalue weighted by Gasteiger charge is 2.10. The number of hydrogen-bond acceptors (Lipinski definition) is 5. The van der Waals surface area contributed by atoms with Crippen molar-refractivity contribution in [3.8, 4) is 11.5 Å². The first-order valence-corrected chi connectivity index (χ1v) is 6.79. The first kappa shape index (κ1) is 16.1.